The van der Waals surface area contributed by atoms with Crippen LogP contribution in [-0.4, -0.2) is 35.4 Å². The summed E-state index contributed by atoms with van der Waals surface area (Å²) in [7, 11) is 0. The summed E-state index contributed by atoms with van der Waals surface area (Å²) >= 11 is 0. The second-order valence-corrected chi connectivity index (χ2v) is 5.51. The van der Waals surface area contributed by atoms with Crippen molar-refractivity contribution in [2.75, 3.05) is 13.1 Å². The topological polar surface area (TPSA) is 47.3 Å². The van der Waals surface area contributed by atoms with Gasteiger partial charge in [0.1, 0.15) is 5.82 Å². The summed E-state index contributed by atoms with van der Waals surface area (Å²) in [5.41, 5.74) is 0.885. The fraction of sp³-hybridized carbons (Fsp3) is 0.533. The molecule has 1 heterocycles. The van der Waals surface area contributed by atoms with Crippen LogP contribution in [0.2, 0.25) is 0 Å². The Labute approximate surface area is 125 Å². The van der Waals surface area contributed by atoms with Crippen molar-refractivity contribution in [2.45, 2.75) is 31.7 Å². The van der Waals surface area contributed by atoms with Crippen molar-refractivity contribution in [1.82, 2.24) is 4.90 Å². The minimum absolute atomic E-state index is 0.234. The molecule has 1 N–H and O–H groups in total. The molecule has 1 saturated heterocycles. The zero-order valence-corrected chi connectivity index (χ0v) is 11.8. The van der Waals surface area contributed by atoms with Gasteiger partial charge in [0, 0.05) is 6.54 Å². The molecule has 1 aliphatic heterocycles. The number of nitriles is 1. The number of alkyl halides is 3. The van der Waals surface area contributed by atoms with Gasteiger partial charge >= 0.3 is 6.18 Å². The van der Waals surface area contributed by atoms with E-state index in [1.165, 1.54) is 12.1 Å². The summed E-state index contributed by atoms with van der Waals surface area (Å²) in [5.74, 6) is -1.28. The Bertz CT molecular complexity index is 560. The van der Waals surface area contributed by atoms with Crippen molar-refractivity contribution in [3.8, 4) is 6.07 Å². The number of hydrogen-bond acceptors (Lipinski definition) is 3. The Morgan fingerprint density at radius 1 is 1.32 bits per heavy atom. The largest absolute Gasteiger partial charge is 0.414 e. The third-order valence-corrected chi connectivity index (χ3v) is 4.00. The summed E-state index contributed by atoms with van der Waals surface area (Å²) < 4.78 is 50.5. The molecule has 1 atom stereocenters. The molecule has 0 saturated carbocycles. The highest BCUT2D eigenvalue weighted by molar-refractivity contribution is 5.37. The van der Waals surface area contributed by atoms with E-state index in [0.29, 0.717) is 25.2 Å². The number of hydrogen-bond donors (Lipinski definition) is 1. The Morgan fingerprint density at radius 3 is 2.50 bits per heavy atom. The summed E-state index contributed by atoms with van der Waals surface area (Å²) in [5, 5.41) is 18.3. The highest BCUT2D eigenvalue weighted by Gasteiger charge is 2.44. The normalized spacial score (nSPS) is 18.9. The van der Waals surface area contributed by atoms with E-state index >= 15 is 0 Å². The second kappa shape index (κ2) is 6.63. The molecule has 0 radical (unpaired) electrons. The van der Waals surface area contributed by atoms with E-state index in [0.717, 1.165) is 6.07 Å². The number of nitrogens with zero attached hydrogens (tertiary/aromatic N) is 2. The number of aliphatic hydroxyl groups is 1. The fourth-order valence-electron chi connectivity index (χ4n) is 2.73. The minimum Gasteiger partial charge on any atom is -0.383 e. The van der Waals surface area contributed by atoms with Gasteiger partial charge in [-0.3, -0.25) is 4.90 Å². The summed E-state index contributed by atoms with van der Waals surface area (Å²) in [4.78, 5) is 1.91. The van der Waals surface area contributed by atoms with Crippen molar-refractivity contribution < 1.29 is 22.7 Å². The highest BCUT2D eigenvalue weighted by Crippen LogP contribution is 2.32. The summed E-state index contributed by atoms with van der Waals surface area (Å²) in [6, 6.07) is 5.84. The van der Waals surface area contributed by atoms with Gasteiger partial charge in [-0.05, 0) is 49.5 Å². The van der Waals surface area contributed by atoms with Gasteiger partial charge in [0.2, 0.25) is 0 Å². The van der Waals surface area contributed by atoms with E-state index in [4.69, 9.17) is 5.26 Å². The van der Waals surface area contributed by atoms with Crippen LogP contribution in [0, 0.1) is 23.1 Å². The predicted octanol–water partition coefficient (Wildman–Crippen LogP) is 2.83. The SMILES string of the molecule is N#Cc1cc(F)ccc1CN1CCC(C(O)C(F)(F)F)CC1. The number of rotatable bonds is 3. The summed E-state index contributed by atoms with van der Waals surface area (Å²) in [6.07, 6.45) is -6.39. The monoisotopic (exact) mass is 316 g/mol. The molecule has 1 aliphatic rings. The fourth-order valence-corrected chi connectivity index (χ4v) is 2.73. The molecule has 1 aromatic carbocycles. The lowest BCUT2D eigenvalue weighted by Crippen LogP contribution is -2.43. The van der Waals surface area contributed by atoms with Crippen LogP contribution in [-0.2, 0) is 6.54 Å². The maximum absolute atomic E-state index is 13.1. The lowest BCUT2D eigenvalue weighted by Gasteiger charge is -2.34. The van der Waals surface area contributed by atoms with Crippen molar-refractivity contribution in [3.63, 3.8) is 0 Å². The van der Waals surface area contributed by atoms with Crippen molar-refractivity contribution in [3.05, 3.63) is 35.1 Å². The first kappa shape index (κ1) is 16.7. The van der Waals surface area contributed by atoms with E-state index < -0.39 is 24.0 Å². The molecule has 120 valence electrons. The molecule has 0 spiro atoms. The number of aliphatic hydroxyl groups excluding tert-OH is 1. The Hall–Kier alpha value is -1.65. The van der Waals surface area contributed by atoms with Crippen LogP contribution in [0.5, 0.6) is 0 Å². The number of piperidine rings is 1. The standard InChI is InChI=1S/C15H16F4N2O/c16-13-2-1-11(12(7-13)8-20)9-21-5-3-10(4-6-21)14(22)15(17,18)19/h1-2,7,10,14,22H,3-6,9H2. The van der Waals surface area contributed by atoms with Crippen LogP contribution < -0.4 is 0 Å². The molecular formula is C15H16F4N2O. The van der Waals surface area contributed by atoms with Crippen molar-refractivity contribution >= 4 is 0 Å². The Morgan fingerprint density at radius 2 is 1.95 bits per heavy atom. The maximum Gasteiger partial charge on any atom is 0.414 e. The predicted molar refractivity (Wildman–Crippen MR) is 71.2 cm³/mol. The quantitative estimate of drug-likeness (QED) is 0.872. The lowest BCUT2D eigenvalue weighted by molar-refractivity contribution is -0.223. The minimum atomic E-state index is -4.59. The van der Waals surface area contributed by atoms with Gasteiger partial charge in [0.15, 0.2) is 6.10 Å². The first-order valence-corrected chi connectivity index (χ1v) is 6.97. The highest BCUT2D eigenvalue weighted by atomic mass is 19.4. The van der Waals surface area contributed by atoms with Gasteiger partial charge < -0.3 is 5.11 Å². The van der Waals surface area contributed by atoms with Gasteiger partial charge in [-0.25, -0.2) is 4.39 Å². The Balaban J connectivity index is 1.95. The van der Waals surface area contributed by atoms with E-state index in [2.05, 4.69) is 0 Å². The molecule has 1 unspecified atom stereocenters. The maximum atomic E-state index is 13.1. The molecule has 0 amide bonds. The first-order valence-electron chi connectivity index (χ1n) is 6.97. The molecule has 0 bridgehead atoms. The van der Waals surface area contributed by atoms with E-state index in [1.54, 1.807) is 0 Å². The van der Waals surface area contributed by atoms with Gasteiger partial charge in [-0.2, -0.15) is 18.4 Å². The molecule has 1 fully saturated rings. The van der Waals surface area contributed by atoms with E-state index in [-0.39, 0.29) is 18.4 Å². The van der Waals surface area contributed by atoms with Crippen LogP contribution in [0.3, 0.4) is 0 Å². The smallest absolute Gasteiger partial charge is 0.383 e. The van der Waals surface area contributed by atoms with Crippen LogP contribution in [0.25, 0.3) is 0 Å². The van der Waals surface area contributed by atoms with E-state index in [1.807, 2.05) is 11.0 Å². The Kier molecular flexibility index (Phi) is 5.04. The van der Waals surface area contributed by atoms with Crippen LogP contribution in [0.15, 0.2) is 18.2 Å². The third kappa shape index (κ3) is 3.96. The van der Waals surface area contributed by atoms with E-state index in [9.17, 15) is 22.7 Å². The average Bonchev–Trinajstić information content (AvgIpc) is 2.48. The van der Waals surface area contributed by atoms with Crippen LogP contribution in [0.1, 0.15) is 24.0 Å². The zero-order valence-electron chi connectivity index (χ0n) is 11.8. The second-order valence-electron chi connectivity index (χ2n) is 5.51. The molecule has 7 heteroatoms. The lowest BCUT2D eigenvalue weighted by atomic mass is 9.90. The molecular weight excluding hydrogens is 300 g/mol. The number of benzene rings is 1. The first-order chi connectivity index (χ1) is 10.3. The molecule has 0 aliphatic carbocycles. The molecule has 0 aromatic heterocycles. The third-order valence-electron chi connectivity index (χ3n) is 4.00. The van der Waals surface area contributed by atoms with Crippen molar-refractivity contribution in [2.24, 2.45) is 5.92 Å². The van der Waals surface area contributed by atoms with Gasteiger partial charge in [0.25, 0.3) is 0 Å². The number of likely N-dealkylation sites (tertiary alicyclic amines) is 1. The summed E-state index contributed by atoms with van der Waals surface area (Å²) in [6.45, 7) is 1.19. The van der Waals surface area contributed by atoms with Crippen LogP contribution in [0.4, 0.5) is 17.6 Å². The van der Waals surface area contributed by atoms with Crippen LogP contribution >= 0.6 is 0 Å². The van der Waals surface area contributed by atoms with Crippen molar-refractivity contribution in [1.29, 1.82) is 5.26 Å². The van der Waals surface area contributed by atoms with Gasteiger partial charge in [-0.15, -0.1) is 0 Å². The van der Waals surface area contributed by atoms with Gasteiger partial charge in [-0.1, -0.05) is 6.07 Å². The number of halogens is 4. The molecule has 3 nitrogen and oxygen atoms in total. The van der Waals surface area contributed by atoms with Gasteiger partial charge in [0.05, 0.1) is 11.6 Å². The average molecular weight is 316 g/mol. The molecule has 22 heavy (non-hydrogen) atoms. The zero-order chi connectivity index (χ0) is 16.3. The molecule has 2 rings (SSSR count). The molecule has 1 aromatic rings.